The van der Waals surface area contributed by atoms with Crippen LogP contribution < -0.4 is 11.1 Å². The molecule has 2 aromatic heterocycles. The van der Waals surface area contributed by atoms with E-state index in [0.717, 1.165) is 0 Å². The molecule has 0 saturated carbocycles. The van der Waals surface area contributed by atoms with Gasteiger partial charge in [0.05, 0.1) is 16.8 Å². The Morgan fingerprint density at radius 1 is 1.32 bits per heavy atom. The fraction of sp³-hybridized carbons (Fsp3) is 0.118. The fourth-order valence-electron chi connectivity index (χ4n) is 2.29. The number of nitrogens with zero attached hydrogens (tertiary/aromatic N) is 2. The molecule has 25 heavy (non-hydrogen) atoms. The first kappa shape index (κ1) is 17.1. The second kappa shape index (κ2) is 7.42. The number of hydrogen-bond acceptors (Lipinski definition) is 4. The highest BCUT2D eigenvalue weighted by Gasteiger charge is 2.17. The van der Waals surface area contributed by atoms with E-state index in [2.05, 4.69) is 20.5 Å². The molecule has 1 amide bonds. The van der Waals surface area contributed by atoms with Gasteiger partial charge in [0.15, 0.2) is 11.6 Å². The Morgan fingerprint density at radius 3 is 2.92 bits per heavy atom. The fourth-order valence-corrected chi connectivity index (χ4v) is 2.47. The molecule has 8 heteroatoms. The molecule has 0 radical (unpaired) electrons. The minimum Gasteiger partial charge on any atom is -0.320 e. The summed E-state index contributed by atoms with van der Waals surface area (Å²) < 4.78 is 14.0. The number of nitrogens with two attached hydrogens (primary N) is 1. The van der Waals surface area contributed by atoms with E-state index < -0.39 is 17.8 Å². The summed E-state index contributed by atoms with van der Waals surface area (Å²) in [6, 6.07) is 10.8. The predicted molar refractivity (Wildman–Crippen MR) is 93.5 cm³/mol. The molecule has 0 saturated heterocycles. The third-order valence-electron chi connectivity index (χ3n) is 3.56. The van der Waals surface area contributed by atoms with Crippen LogP contribution in [0.1, 0.15) is 5.69 Å². The van der Waals surface area contributed by atoms with Crippen LogP contribution in [0.2, 0.25) is 5.02 Å². The average Bonchev–Trinajstić information content (AvgIpc) is 3.06. The zero-order valence-electron chi connectivity index (χ0n) is 13.0. The summed E-state index contributed by atoms with van der Waals surface area (Å²) in [7, 11) is 0. The summed E-state index contributed by atoms with van der Waals surface area (Å²) in [5.41, 5.74) is 7.27. The molecule has 0 aliphatic carbocycles. The van der Waals surface area contributed by atoms with E-state index in [4.69, 9.17) is 17.3 Å². The van der Waals surface area contributed by atoms with Gasteiger partial charge >= 0.3 is 0 Å². The monoisotopic (exact) mass is 359 g/mol. The van der Waals surface area contributed by atoms with Crippen LogP contribution in [0.5, 0.6) is 0 Å². The second-order valence-electron chi connectivity index (χ2n) is 5.39. The third-order valence-corrected chi connectivity index (χ3v) is 3.85. The molecule has 0 bridgehead atoms. The molecule has 1 atom stereocenters. The van der Waals surface area contributed by atoms with E-state index in [0.29, 0.717) is 17.8 Å². The number of aromatic nitrogens is 3. The number of nitrogens with one attached hydrogen (secondary N) is 2. The molecule has 0 unspecified atom stereocenters. The van der Waals surface area contributed by atoms with Gasteiger partial charge in [-0.25, -0.2) is 4.39 Å². The topological polar surface area (TPSA) is 96.7 Å². The Bertz CT molecular complexity index is 884. The van der Waals surface area contributed by atoms with Gasteiger partial charge in [-0.05, 0) is 24.3 Å². The number of benzene rings is 1. The summed E-state index contributed by atoms with van der Waals surface area (Å²) in [6.07, 6.45) is 1.94. The number of pyridine rings is 1. The highest BCUT2D eigenvalue weighted by molar-refractivity contribution is 6.31. The number of H-pyrrole nitrogens is 1. The molecular weight excluding hydrogens is 345 g/mol. The average molecular weight is 360 g/mol. The number of aromatic amines is 1. The van der Waals surface area contributed by atoms with Crippen molar-refractivity contribution >= 4 is 23.3 Å². The molecule has 1 aromatic carbocycles. The van der Waals surface area contributed by atoms with E-state index in [-0.39, 0.29) is 16.4 Å². The molecule has 0 spiro atoms. The van der Waals surface area contributed by atoms with Crippen LogP contribution in [-0.2, 0) is 11.2 Å². The van der Waals surface area contributed by atoms with E-state index in [1.54, 1.807) is 30.5 Å². The number of amides is 1. The quantitative estimate of drug-likeness (QED) is 0.652. The number of rotatable bonds is 5. The van der Waals surface area contributed by atoms with Crippen molar-refractivity contribution < 1.29 is 9.18 Å². The zero-order valence-corrected chi connectivity index (χ0v) is 13.8. The summed E-state index contributed by atoms with van der Waals surface area (Å²) in [5, 5.41) is 9.23. The normalized spacial score (nSPS) is 12.0. The van der Waals surface area contributed by atoms with Crippen molar-refractivity contribution in [3.05, 3.63) is 65.2 Å². The second-order valence-corrected chi connectivity index (χ2v) is 5.80. The standard InChI is InChI=1S/C17H15ClFN5O/c18-12-6-3-5-11(16(12)19)14-9-15(24-23-14)22-17(25)13(20)8-10-4-1-2-7-21-10/h1-7,9,13H,8,20H2,(H2,22,23,24,25)/t13-/m0/s1. The highest BCUT2D eigenvalue weighted by atomic mass is 35.5. The van der Waals surface area contributed by atoms with E-state index in [1.807, 2.05) is 6.07 Å². The van der Waals surface area contributed by atoms with Gasteiger partial charge in [-0.15, -0.1) is 0 Å². The lowest BCUT2D eigenvalue weighted by Gasteiger charge is -2.10. The van der Waals surface area contributed by atoms with Gasteiger partial charge in [0.25, 0.3) is 0 Å². The van der Waals surface area contributed by atoms with Crippen LogP contribution in [0.4, 0.5) is 10.2 Å². The SMILES string of the molecule is N[C@@H](Cc1ccccn1)C(=O)Nc1cc(-c2cccc(Cl)c2F)[nH]n1. The maximum atomic E-state index is 14.0. The lowest BCUT2D eigenvalue weighted by molar-refractivity contribution is -0.117. The van der Waals surface area contributed by atoms with Crippen molar-refractivity contribution in [1.82, 2.24) is 15.2 Å². The van der Waals surface area contributed by atoms with Gasteiger partial charge in [0, 0.05) is 29.9 Å². The Hall–Kier alpha value is -2.77. The van der Waals surface area contributed by atoms with Crippen molar-refractivity contribution in [1.29, 1.82) is 0 Å². The molecule has 2 heterocycles. The molecule has 0 aliphatic rings. The van der Waals surface area contributed by atoms with Crippen molar-refractivity contribution in [3.8, 4) is 11.3 Å². The molecule has 6 nitrogen and oxygen atoms in total. The van der Waals surface area contributed by atoms with E-state index in [9.17, 15) is 9.18 Å². The van der Waals surface area contributed by atoms with Gasteiger partial charge in [0.2, 0.25) is 5.91 Å². The van der Waals surface area contributed by atoms with Crippen LogP contribution in [-0.4, -0.2) is 27.1 Å². The molecular formula is C17H15ClFN5O. The molecule has 3 aromatic rings. The molecule has 0 fully saturated rings. The van der Waals surface area contributed by atoms with Crippen LogP contribution >= 0.6 is 11.6 Å². The van der Waals surface area contributed by atoms with E-state index >= 15 is 0 Å². The van der Waals surface area contributed by atoms with Crippen molar-refractivity contribution in [2.24, 2.45) is 5.73 Å². The minimum atomic E-state index is -0.780. The van der Waals surface area contributed by atoms with Crippen molar-refractivity contribution in [2.45, 2.75) is 12.5 Å². The highest BCUT2D eigenvalue weighted by Crippen LogP contribution is 2.27. The first-order chi connectivity index (χ1) is 12.0. The van der Waals surface area contributed by atoms with Gasteiger partial charge in [-0.3, -0.25) is 14.9 Å². The van der Waals surface area contributed by atoms with Gasteiger partial charge in [0.1, 0.15) is 0 Å². The van der Waals surface area contributed by atoms with Crippen LogP contribution in [0.25, 0.3) is 11.3 Å². The largest absolute Gasteiger partial charge is 0.320 e. The molecule has 128 valence electrons. The smallest absolute Gasteiger partial charge is 0.242 e. The predicted octanol–water partition coefficient (Wildman–Crippen LogP) is 2.77. The summed E-state index contributed by atoms with van der Waals surface area (Å²) in [4.78, 5) is 16.3. The number of anilines is 1. The van der Waals surface area contributed by atoms with Crippen LogP contribution in [0.15, 0.2) is 48.7 Å². The van der Waals surface area contributed by atoms with Crippen molar-refractivity contribution in [2.75, 3.05) is 5.32 Å². The number of carbonyl (C=O) groups is 1. The number of carbonyl (C=O) groups excluding carboxylic acids is 1. The van der Waals surface area contributed by atoms with Crippen molar-refractivity contribution in [3.63, 3.8) is 0 Å². The maximum Gasteiger partial charge on any atom is 0.242 e. The lowest BCUT2D eigenvalue weighted by atomic mass is 10.1. The first-order valence-corrected chi connectivity index (χ1v) is 7.88. The first-order valence-electron chi connectivity index (χ1n) is 7.50. The van der Waals surface area contributed by atoms with Gasteiger partial charge in [-0.2, -0.15) is 5.10 Å². The third kappa shape index (κ3) is 4.01. The van der Waals surface area contributed by atoms with Crippen LogP contribution in [0.3, 0.4) is 0 Å². The van der Waals surface area contributed by atoms with Gasteiger partial charge in [-0.1, -0.05) is 23.7 Å². The number of hydrogen-bond donors (Lipinski definition) is 3. The number of halogens is 2. The minimum absolute atomic E-state index is 0.00932. The zero-order chi connectivity index (χ0) is 17.8. The molecule has 0 aliphatic heterocycles. The maximum absolute atomic E-state index is 14.0. The summed E-state index contributed by atoms with van der Waals surface area (Å²) >= 11 is 5.77. The molecule has 3 rings (SSSR count). The summed E-state index contributed by atoms with van der Waals surface area (Å²) in [6.45, 7) is 0. The Balaban J connectivity index is 1.68. The molecule has 4 N–H and O–H groups in total. The Labute approximate surface area is 148 Å². The lowest BCUT2D eigenvalue weighted by Crippen LogP contribution is -2.37. The Kier molecular flexibility index (Phi) is 5.06. The Morgan fingerprint density at radius 2 is 2.16 bits per heavy atom. The summed E-state index contributed by atoms with van der Waals surface area (Å²) in [5.74, 6) is -0.719. The van der Waals surface area contributed by atoms with Crippen LogP contribution in [0, 0.1) is 5.82 Å². The van der Waals surface area contributed by atoms with Gasteiger partial charge < -0.3 is 11.1 Å². The van der Waals surface area contributed by atoms with E-state index in [1.165, 1.54) is 12.1 Å².